The smallest absolute Gasteiger partial charge is 0.299 e. The standard InChI is InChI=1S/C11H20O2.Li/c1-10(2,3)8(12)7-9(13)11(4,5)6;/h7H2,1-6H3;/q;+1. The van der Waals surface area contributed by atoms with Crippen molar-refractivity contribution < 1.29 is 28.4 Å². The Morgan fingerprint density at radius 1 is 0.786 bits per heavy atom. The molecule has 0 unspecified atom stereocenters. The zero-order valence-electron chi connectivity index (χ0n) is 10.5. The summed E-state index contributed by atoms with van der Waals surface area (Å²) in [6, 6.07) is 0. The van der Waals surface area contributed by atoms with E-state index in [0.29, 0.717) is 0 Å². The van der Waals surface area contributed by atoms with Gasteiger partial charge in [-0.3, -0.25) is 9.59 Å². The summed E-state index contributed by atoms with van der Waals surface area (Å²) in [5, 5.41) is 0. The van der Waals surface area contributed by atoms with E-state index in [9.17, 15) is 9.59 Å². The van der Waals surface area contributed by atoms with Crippen LogP contribution in [0.15, 0.2) is 0 Å². The minimum absolute atomic E-state index is 0. The van der Waals surface area contributed by atoms with E-state index in [0.717, 1.165) is 0 Å². The SMILES string of the molecule is CC(C)(C)C(=O)CC(=O)C(C)(C)C.[Li+]. The Bertz CT molecular complexity index is 194. The van der Waals surface area contributed by atoms with Gasteiger partial charge in [-0.1, -0.05) is 41.5 Å². The van der Waals surface area contributed by atoms with Crippen LogP contribution in [0.4, 0.5) is 0 Å². The molecule has 0 atom stereocenters. The number of hydrogen-bond acceptors (Lipinski definition) is 2. The van der Waals surface area contributed by atoms with Crippen LogP contribution in [-0.4, -0.2) is 11.6 Å². The van der Waals surface area contributed by atoms with Gasteiger partial charge in [0.1, 0.15) is 11.6 Å². The van der Waals surface area contributed by atoms with Gasteiger partial charge in [0.2, 0.25) is 0 Å². The van der Waals surface area contributed by atoms with Crippen LogP contribution in [0.3, 0.4) is 0 Å². The first-order chi connectivity index (χ1) is 5.55. The molecule has 0 rings (SSSR count). The molecule has 2 nitrogen and oxygen atoms in total. The summed E-state index contributed by atoms with van der Waals surface area (Å²) in [5.41, 5.74) is -0.804. The maximum absolute atomic E-state index is 11.5. The van der Waals surface area contributed by atoms with Crippen molar-refractivity contribution in [2.24, 2.45) is 10.8 Å². The monoisotopic (exact) mass is 191 g/mol. The topological polar surface area (TPSA) is 34.1 Å². The van der Waals surface area contributed by atoms with Crippen LogP contribution in [0.5, 0.6) is 0 Å². The molecule has 14 heavy (non-hydrogen) atoms. The molecule has 0 aromatic carbocycles. The minimum atomic E-state index is -0.402. The molecule has 0 saturated heterocycles. The fraction of sp³-hybridized carbons (Fsp3) is 0.818. The van der Waals surface area contributed by atoms with Gasteiger partial charge in [0.05, 0.1) is 6.42 Å². The van der Waals surface area contributed by atoms with E-state index in [1.807, 2.05) is 41.5 Å². The summed E-state index contributed by atoms with van der Waals surface area (Å²) >= 11 is 0. The average molecular weight is 191 g/mol. The third-order valence-corrected chi connectivity index (χ3v) is 1.99. The van der Waals surface area contributed by atoms with Crippen LogP contribution in [0.2, 0.25) is 0 Å². The fourth-order valence-corrected chi connectivity index (χ4v) is 0.676. The summed E-state index contributed by atoms with van der Waals surface area (Å²) in [4.78, 5) is 23.0. The largest absolute Gasteiger partial charge is 1.00 e. The fourth-order valence-electron chi connectivity index (χ4n) is 0.676. The van der Waals surface area contributed by atoms with Crippen LogP contribution >= 0.6 is 0 Å². The molecular weight excluding hydrogens is 171 g/mol. The van der Waals surface area contributed by atoms with E-state index >= 15 is 0 Å². The zero-order valence-corrected chi connectivity index (χ0v) is 10.5. The van der Waals surface area contributed by atoms with Gasteiger partial charge >= 0.3 is 18.9 Å². The summed E-state index contributed by atoms with van der Waals surface area (Å²) in [7, 11) is 0. The van der Waals surface area contributed by atoms with Crippen molar-refractivity contribution in [3.05, 3.63) is 0 Å². The first-order valence-corrected chi connectivity index (χ1v) is 4.62. The molecule has 0 N–H and O–H groups in total. The molecule has 0 aromatic rings. The van der Waals surface area contributed by atoms with Crippen molar-refractivity contribution in [1.82, 2.24) is 0 Å². The molecule has 0 amide bonds. The van der Waals surface area contributed by atoms with Crippen LogP contribution in [0, 0.1) is 10.8 Å². The summed E-state index contributed by atoms with van der Waals surface area (Å²) in [5.74, 6) is 0.0415. The second-order valence-electron chi connectivity index (χ2n) is 5.52. The Kier molecular flexibility index (Phi) is 6.01. The molecule has 0 radical (unpaired) electrons. The first-order valence-electron chi connectivity index (χ1n) is 4.62. The Hall–Kier alpha value is -0.0626. The van der Waals surface area contributed by atoms with Gasteiger partial charge < -0.3 is 0 Å². The van der Waals surface area contributed by atoms with E-state index < -0.39 is 10.8 Å². The third kappa shape index (κ3) is 5.62. The number of ketones is 2. The van der Waals surface area contributed by atoms with Gasteiger partial charge in [0.15, 0.2) is 0 Å². The summed E-state index contributed by atoms with van der Waals surface area (Å²) < 4.78 is 0. The van der Waals surface area contributed by atoms with Crippen molar-refractivity contribution >= 4 is 11.6 Å². The zero-order chi connectivity index (χ0) is 10.9. The van der Waals surface area contributed by atoms with Crippen molar-refractivity contribution in [3.8, 4) is 0 Å². The van der Waals surface area contributed by atoms with Gasteiger partial charge in [-0.15, -0.1) is 0 Å². The molecule has 0 aliphatic carbocycles. The van der Waals surface area contributed by atoms with E-state index in [-0.39, 0.29) is 36.8 Å². The van der Waals surface area contributed by atoms with Crippen molar-refractivity contribution in [2.45, 2.75) is 48.0 Å². The summed E-state index contributed by atoms with van der Waals surface area (Å²) in [6.07, 6.45) is 0.0625. The van der Waals surface area contributed by atoms with Gasteiger partial charge in [0.25, 0.3) is 0 Å². The molecule has 0 aromatic heterocycles. The number of hydrogen-bond donors (Lipinski definition) is 0. The van der Waals surface area contributed by atoms with Crippen LogP contribution < -0.4 is 18.9 Å². The van der Waals surface area contributed by atoms with E-state index in [1.165, 1.54) is 0 Å². The van der Waals surface area contributed by atoms with Gasteiger partial charge in [-0.05, 0) is 0 Å². The maximum atomic E-state index is 11.5. The normalized spacial score (nSPS) is 11.9. The number of Topliss-reactive ketones (excluding diaryl/α,β-unsaturated/α-hetero) is 2. The van der Waals surface area contributed by atoms with Crippen LogP contribution in [0.1, 0.15) is 48.0 Å². The molecule has 0 aliphatic rings. The molecule has 0 bridgehead atoms. The molecule has 0 saturated carbocycles. The number of carbonyl (C=O) groups is 2. The number of carbonyl (C=O) groups excluding carboxylic acids is 2. The second-order valence-corrected chi connectivity index (χ2v) is 5.52. The molecule has 3 heteroatoms. The Labute approximate surface area is 99.0 Å². The molecule has 0 fully saturated rings. The summed E-state index contributed by atoms with van der Waals surface area (Å²) in [6.45, 7) is 11.0. The predicted molar refractivity (Wildman–Crippen MR) is 53.5 cm³/mol. The average Bonchev–Trinajstić information content (AvgIpc) is 1.82. The van der Waals surface area contributed by atoms with Crippen molar-refractivity contribution in [2.75, 3.05) is 0 Å². The molecule has 0 spiro atoms. The minimum Gasteiger partial charge on any atom is -0.299 e. The Morgan fingerprint density at radius 3 is 1.14 bits per heavy atom. The van der Waals surface area contributed by atoms with Crippen LogP contribution in [-0.2, 0) is 9.59 Å². The second kappa shape index (κ2) is 5.14. The first kappa shape index (κ1) is 16.4. The third-order valence-electron chi connectivity index (χ3n) is 1.99. The van der Waals surface area contributed by atoms with E-state index in [1.54, 1.807) is 0 Å². The maximum Gasteiger partial charge on any atom is 1.00 e. The van der Waals surface area contributed by atoms with Gasteiger partial charge in [-0.2, -0.15) is 0 Å². The molecular formula is C11H20LiO2+. The molecule has 0 heterocycles. The van der Waals surface area contributed by atoms with Crippen molar-refractivity contribution in [3.63, 3.8) is 0 Å². The van der Waals surface area contributed by atoms with E-state index in [2.05, 4.69) is 0 Å². The Balaban J connectivity index is 0. The van der Waals surface area contributed by atoms with E-state index in [4.69, 9.17) is 0 Å². The number of rotatable bonds is 2. The van der Waals surface area contributed by atoms with Crippen LogP contribution in [0.25, 0.3) is 0 Å². The predicted octanol–water partition coefficient (Wildman–Crippen LogP) is -0.389. The van der Waals surface area contributed by atoms with Gasteiger partial charge in [0, 0.05) is 10.8 Å². The quantitative estimate of drug-likeness (QED) is 0.440. The molecule has 0 aliphatic heterocycles. The van der Waals surface area contributed by atoms with Crippen molar-refractivity contribution in [1.29, 1.82) is 0 Å². The molecule has 76 valence electrons. The van der Waals surface area contributed by atoms with Gasteiger partial charge in [-0.25, -0.2) is 0 Å². The Morgan fingerprint density at radius 2 is 1.00 bits per heavy atom.